The highest BCUT2D eigenvalue weighted by Gasteiger charge is 2.42. The molecule has 0 saturated carbocycles. The minimum atomic E-state index is -1.42. The summed E-state index contributed by atoms with van der Waals surface area (Å²) in [6, 6.07) is 8.84. The average Bonchev–Trinajstić information content (AvgIpc) is 2.91. The number of amides is 1. The van der Waals surface area contributed by atoms with E-state index in [1.807, 2.05) is 6.07 Å². The minimum Gasteiger partial charge on any atom is -0.444 e. The van der Waals surface area contributed by atoms with Gasteiger partial charge in [0.15, 0.2) is 17.9 Å². The molecule has 0 radical (unpaired) electrons. The Labute approximate surface area is 153 Å². The lowest BCUT2D eigenvalue weighted by Crippen LogP contribution is -2.36. The lowest BCUT2D eigenvalue weighted by molar-refractivity contribution is -0.0355. The van der Waals surface area contributed by atoms with E-state index in [2.05, 4.69) is 10.3 Å². The lowest BCUT2D eigenvalue weighted by atomic mass is 10.1. The van der Waals surface area contributed by atoms with Gasteiger partial charge >= 0.3 is 11.8 Å². The fourth-order valence-corrected chi connectivity index (χ4v) is 2.63. The van der Waals surface area contributed by atoms with E-state index < -0.39 is 48.0 Å². The van der Waals surface area contributed by atoms with Gasteiger partial charge in [-0.15, -0.1) is 0 Å². The zero-order valence-corrected chi connectivity index (χ0v) is 14.3. The Balaban J connectivity index is 1.70. The molecule has 1 aromatic heterocycles. The molecule has 2 unspecified atom stereocenters. The largest absolute Gasteiger partial charge is 0.444 e. The number of ether oxygens (including phenoxy) is 2. The van der Waals surface area contributed by atoms with Crippen LogP contribution in [0.1, 0.15) is 18.7 Å². The number of nitrogens with one attached hydrogen (secondary N) is 1. The van der Waals surface area contributed by atoms with Gasteiger partial charge in [-0.1, -0.05) is 30.3 Å². The normalized spacial score (nSPS) is 24.6. The van der Waals surface area contributed by atoms with Crippen LogP contribution >= 0.6 is 0 Å². The van der Waals surface area contributed by atoms with Crippen LogP contribution in [-0.4, -0.2) is 44.2 Å². The second-order valence-corrected chi connectivity index (χ2v) is 6.03. The van der Waals surface area contributed by atoms with Crippen LogP contribution in [0.25, 0.3) is 0 Å². The molecule has 1 aromatic carbocycles. The summed E-state index contributed by atoms with van der Waals surface area (Å²) in [5.74, 6) is -1.65. The molecule has 1 aliphatic heterocycles. The van der Waals surface area contributed by atoms with Gasteiger partial charge in [-0.05, 0) is 12.5 Å². The number of halogens is 1. The van der Waals surface area contributed by atoms with Crippen LogP contribution in [0.4, 0.5) is 15.0 Å². The Morgan fingerprint density at radius 1 is 1.33 bits per heavy atom. The Hall–Kier alpha value is -2.82. The first-order valence-electron chi connectivity index (χ1n) is 8.15. The molecular weight excluding hydrogens is 361 g/mol. The molecule has 0 bridgehead atoms. The maximum absolute atomic E-state index is 14.2. The number of carbonyl (C=O) groups excluding carboxylic acids is 1. The molecule has 4 atom stereocenters. The average molecular weight is 379 g/mol. The number of hydrogen-bond acceptors (Lipinski definition) is 7. The van der Waals surface area contributed by atoms with Crippen molar-refractivity contribution in [1.29, 1.82) is 0 Å². The first-order valence-corrected chi connectivity index (χ1v) is 8.15. The number of hydrogen-bond donors (Lipinski definition) is 3. The van der Waals surface area contributed by atoms with Gasteiger partial charge < -0.3 is 19.7 Å². The minimum absolute atomic E-state index is 0.0385. The van der Waals surface area contributed by atoms with Crippen LogP contribution in [0.2, 0.25) is 0 Å². The monoisotopic (exact) mass is 379 g/mol. The van der Waals surface area contributed by atoms with Gasteiger partial charge in [-0.3, -0.25) is 9.88 Å². The van der Waals surface area contributed by atoms with E-state index >= 15 is 0 Å². The number of carbonyl (C=O) groups is 1. The summed E-state index contributed by atoms with van der Waals surface area (Å²) in [5, 5.41) is 21.7. The van der Waals surface area contributed by atoms with E-state index in [1.165, 1.54) is 6.92 Å². The Morgan fingerprint density at radius 3 is 2.67 bits per heavy atom. The molecule has 10 heteroatoms. The molecule has 144 valence electrons. The fourth-order valence-electron chi connectivity index (χ4n) is 2.63. The zero-order valence-electron chi connectivity index (χ0n) is 14.3. The number of aliphatic hydroxyl groups is 2. The first-order chi connectivity index (χ1) is 12.9. The van der Waals surface area contributed by atoms with Gasteiger partial charge in [0.1, 0.15) is 18.8 Å². The van der Waals surface area contributed by atoms with E-state index in [0.29, 0.717) is 4.57 Å². The van der Waals surface area contributed by atoms with Gasteiger partial charge in [0.2, 0.25) is 0 Å². The SMILES string of the molecule is C[C@H]1O[C@@H](n2cc(F)c(NC(=O)OCc3ccccc3)nc2=O)C(O)C1O. The van der Waals surface area contributed by atoms with Crippen molar-refractivity contribution in [3.63, 3.8) is 0 Å². The summed E-state index contributed by atoms with van der Waals surface area (Å²) in [6.07, 6.45) is -4.93. The smallest absolute Gasteiger partial charge is 0.413 e. The second kappa shape index (κ2) is 7.82. The van der Waals surface area contributed by atoms with Gasteiger partial charge in [0.05, 0.1) is 12.3 Å². The topological polar surface area (TPSA) is 123 Å². The number of anilines is 1. The molecule has 1 saturated heterocycles. The van der Waals surface area contributed by atoms with E-state index in [1.54, 1.807) is 24.3 Å². The molecule has 2 aromatic rings. The van der Waals surface area contributed by atoms with E-state index in [-0.39, 0.29) is 6.61 Å². The number of nitrogens with zero attached hydrogens (tertiary/aromatic N) is 2. The fraction of sp³-hybridized carbons (Fsp3) is 0.353. The summed E-state index contributed by atoms with van der Waals surface area (Å²) in [5.41, 5.74) is -0.239. The van der Waals surface area contributed by atoms with Gasteiger partial charge in [-0.2, -0.15) is 4.98 Å². The number of aliphatic hydroxyl groups excluding tert-OH is 2. The molecule has 0 aliphatic carbocycles. The zero-order chi connectivity index (χ0) is 19.6. The summed E-state index contributed by atoms with van der Waals surface area (Å²) in [6.45, 7) is 1.46. The summed E-state index contributed by atoms with van der Waals surface area (Å²) in [7, 11) is 0. The molecule has 0 spiro atoms. The Morgan fingerprint density at radius 2 is 2.04 bits per heavy atom. The molecule has 1 aliphatic rings. The molecular formula is C17H18FN3O6. The van der Waals surface area contributed by atoms with Crippen LogP contribution in [-0.2, 0) is 16.1 Å². The molecule has 9 nitrogen and oxygen atoms in total. The summed E-state index contributed by atoms with van der Waals surface area (Å²) in [4.78, 5) is 27.3. The predicted octanol–water partition coefficient (Wildman–Crippen LogP) is 0.770. The Kier molecular flexibility index (Phi) is 5.49. The van der Waals surface area contributed by atoms with Crippen molar-refractivity contribution in [3.8, 4) is 0 Å². The van der Waals surface area contributed by atoms with Crippen molar-refractivity contribution in [2.45, 2.75) is 38.1 Å². The van der Waals surface area contributed by atoms with Crippen molar-refractivity contribution < 1.29 is 28.9 Å². The van der Waals surface area contributed by atoms with Gasteiger partial charge in [0, 0.05) is 0 Å². The quantitative estimate of drug-likeness (QED) is 0.717. The molecule has 2 heterocycles. The van der Waals surface area contributed by atoms with E-state index in [0.717, 1.165) is 11.8 Å². The van der Waals surface area contributed by atoms with Crippen molar-refractivity contribution in [2.75, 3.05) is 5.32 Å². The summed E-state index contributed by atoms with van der Waals surface area (Å²) < 4.78 is 25.2. The maximum atomic E-state index is 14.2. The molecule has 3 N–H and O–H groups in total. The number of rotatable bonds is 4. The third-order valence-corrected chi connectivity index (χ3v) is 4.09. The highest BCUT2D eigenvalue weighted by Crippen LogP contribution is 2.28. The van der Waals surface area contributed by atoms with Gasteiger partial charge in [-0.25, -0.2) is 14.0 Å². The van der Waals surface area contributed by atoms with Gasteiger partial charge in [0.25, 0.3) is 0 Å². The van der Waals surface area contributed by atoms with Crippen LogP contribution in [0.5, 0.6) is 0 Å². The molecule has 3 rings (SSSR count). The third-order valence-electron chi connectivity index (χ3n) is 4.09. The highest BCUT2D eigenvalue weighted by molar-refractivity contribution is 5.83. The standard InChI is InChI=1S/C17H18FN3O6/c1-9-12(22)13(23)15(27-9)21-7-11(18)14(19-16(21)24)20-17(25)26-8-10-5-3-2-4-6-10/h2-7,9,12-13,15,22-23H,8H2,1H3,(H,19,20,24,25)/t9-,12?,13?,15-/m1/s1. The van der Waals surface area contributed by atoms with E-state index in [9.17, 15) is 24.2 Å². The van der Waals surface area contributed by atoms with Crippen LogP contribution in [0, 0.1) is 5.82 Å². The van der Waals surface area contributed by atoms with Crippen LogP contribution in [0.3, 0.4) is 0 Å². The van der Waals surface area contributed by atoms with Crippen molar-refractivity contribution in [1.82, 2.24) is 9.55 Å². The molecule has 1 fully saturated rings. The summed E-state index contributed by atoms with van der Waals surface area (Å²) >= 11 is 0. The highest BCUT2D eigenvalue weighted by atomic mass is 19.1. The maximum Gasteiger partial charge on any atom is 0.413 e. The van der Waals surface area contributed by atoms with E-state index in [4.69, 9.17) is 9.47 Å². The van der Waals surface area contributed by atoms with Crippen LogP contribution in [0.15, 0.2) is 41.3 Å². The first kappa shape index (κ1) is 19.0. The van der Waals surface area contributed by atoms with Crippen molar-refractivity contribution in [2.24, 2.45) is 0 Å². The van der Waals surface area contributed by atoms with Crippen molar-refractivity contribution in [3.05, 3.63) is 58.4 Å². The number of aromatic nitrogens is 2. The second-order valence-electron chi connectivity index (χ2n) is 6.03. The number of benzene rings is 1. The third kappa shape index (κ3) is 4.13. The molecule has 1 amide bonds. The molecule has 27 heavy (non-hydrogen) atoms. The predicted molar refractivity (Wildman–Crippen MR) is 90.3 cm³/mol. The van der Waals surface area contributed by atoms with Crippen molar-refractivity contribution >= 4 is 11.9 Å². The lowest BCUT2D eigenvalue weighted by Gasteiger charge is -2.17. The van der Waals surface area contributed by atoms with Crippen LogP contribution < -0.4 is 11.0 Å². The Bertz CT molecular complexity index is 875.